The fourth-order valence-corrected chi connectivity index (χ4v) is 3.44. The molecule has 0 radical (unpaired) electrons. The molecule has 0 bridgehead atoms. The molecule has 0 amide bonds. The van der Waals surface area contributed by atoms with Crippen molar-refractivity contribution in [2.45, 2.75) is 31.6 Å². The summed E-state index contributed by atoms with van der Waals surface area (Å²) in [5.74, 6) is 0.202. The Morgan fingerprint density at radius 1 is 1.10 bits per heavy atom. The maximum atomic E-state index is 13.0. The zero-order chi connectivity index (χ0) is 20.4. The Morgan fingerprint density at radius 3 is 2.66 bits per heavy atom. The summed E-state index contributed by atoms with van der Waals surface area (Å²) in [6.45, 7) is 0.806. The van der Waals surface area contributed by atoms with Crippen molar-refractivity contribution in [1.29, 1.82) is 0 Å². The average molecular weight is 402 g/mol. The summed E-state index contributed by atoms with van der Waals surface area (Å²) in [4.78, 5) is 25.4. The minimum absolute atomic E-state index is 0.191. The molecule has 1 fully saturated rings. The molecule has 3 aromatic rings. The molecule has 0 saturated carbocycles. The second-order valence-electron chi connectivity index (χ2n) is 6.72. The van der Waals surface area contributed by atoms with E-state index < -0.39 is 11.9 Å². The minimum Gasteiger partial charge on any atom is -0.352 e. The molecule has 4 heterocycles. The molecule has 150 valence electrons. The number of hydrogen-bond donors (Lipinski definition) is 0. The maximum absolute atomic E-state index is 13.0. The van der Waals surface area contributed by atoms with Gasteiger partial charge in [-0.25, -0.2) is 14.6 Å². The van der Waals surface area contributed by atoms with Gasteiger partial charge in [0.1, 0.15) is 17.8 Å². The molecule has 1 aliphatic rings. The van der Waals surface area contributed by atoms with E-state index in [1.165, 1.54) is 10.7 Å². The van der Waals surface area contributed by atoms with Gasteiger partial charge in [-0.05, 0) is 31.0 Å². The summed E-state index contributed by atoms with van der Waals surface area (Å²) in [6, 6.07) is 7.41. The number of anilines is 1. The Labute approximate surface area is 163 Å². The Bertz CT molecular complexity index is 1050. The molecular formula is C19H17F3N6O. The highest BCUT2D eigenvalue weighted by atomic mass is 19.4. The first kappa shape index (κ1) is 19.0. The van der Waals surface area contributed by atoms with Crippen LogP contribution in [0.5, 0.6) is 0 Å². The van der Waals surface area contributed by atoms with Gasteiger partial charge in [0.15, 0.2) is 0 Å². The molecule has 1 aliphatic heterocycles. The summed E-state index contributed by atoms with van der Waals surface area (Å²) < 4.78 is 40.3. The zero-order valence-electron chi connectivity index (χ0n) is 15.3. The molecule has 0 aromatic carbocycles. The van der Waals surface area contributed by atoms with Crippen molar-refractivity contribution in [2.75, 3.05) is 11.4 Å². The third-order valence-corrected chi connectivity index (χ3v) is 4.84. The van der Waals surface area contributed by atoms with Crippen molar-refractivity contribution < 1.29 is 13.2 Å². The van der Waals surface area contributed by atoms with Crippen molar-refractivity contribution in [1.82, 2.24) is 24.7 Å². The first-order valence-corrected chi connectivity index (χ1v) is 9.06. The van der Waals surface area contributed by atoms with Crippen LogP contribution in [0.4, 0.5) is 19.0 Å². The molecule has 3 aromatic heterocycles. The number of rotatable bonds is 4. The van der Waals surface area contributed by atoms with Gasteiger partial charge in [0.25, 0.3) is 5.56 Å². The normalized spacial score (nSPS) is 16.9. The molecule has 1 unspecified atom stereocenters. The van der Waals surface area contributed by atoms with Crippen LogP contribution in [0.1, 0.15) is 18.5 Å². The Morgan fingerprint density at radius 2 is 1.90 bits per heavy atom. The van der Waals surface area contributed by atoms with Crippen LogP contribution < -0.4 is 10.5 Å². The van der Waals surface area contributed by atoms with E-state index in [-0.39, 0.29) is 24.0 Å². The Hall–Kier alpha value is -3.30. The Kier molecular flexibility index (Phi) is 4.99. The molecule has 7 nitrogen and oxygen atoms in total. The summed E-state index contributed by atoms with van der Waals surface area (Å²) in [6.07, 6.45) is 1.16. The van der Waals surface area contributed by atoms with Crippen LogP contribution in [0.3, 0.4) is 0 Å². The molecule has 1 saturated heterocycles. The molecule has 4 rings (SSSR count). The van der Waals surface area contributed by atoms with Gasteiger partial charge in [-0.15, -0.1) is 0 Å². The van der Waals surface area contributed by atoms with Crippen LogP contribution in [-0.2, 0) is 12.7 Å². The molecule has 0 spiro atoms. The number of hydrogen-bond acceptors (Lipinski definition) is 6. The topological polar surface area (TPSA) is 76.8 Å². The smallest absolute Gasteiger partial charge is 0.352 e. The highest BCUT2D eigenvalue weighted by Crippen LogP contribution is 2.31. The van der Waals surface area contributed by atoms with Gasteiger partial charge in [0.2, 0.25) is 0 Å². The third kappa shape index (κ3) is 4.10. The van der Waals surface area contributed by atoms with E-state index in [0.29, 0.717) is 12.2 Å². The van der Waals surface area contributed by atoms with Gasteiger partial charge in [-0.2, -0.15) is 18.3 Å². The van der Waals surface area contributed by atoms with E-state index in [2.05, 4.69) is 20.1 Å². The number of aromatic nitrogens is 5. The molecule has 10 heteroatoms. The van der Waals surface area contributed by atoms with E-state index in [4.69, 9.17) is 0 Å². The van der Waals surface area contributed by atoms with Gasteiger partial charge in [0.05, 0.1) is 18.3 Å². The SMILES string of the molecule is O=c1ccc(-c2ccncc2)nn1CC1CCCN1c1cc(C(F)(F)F)ncn1. The fraction of sp³-hybridized carbons (Fsp3) is 0.316. The molecule has 29 heavy (non-hydrogen) atoms. The van der Waals surface area contributed by atoms with Crippen LogP contribution >= 0.6 is 0 Å². The average Bonchev–Trinajstić information content (AvgIpc) is 3.18. The van der Waals surface area contributed by atoms with E-state index in [0.717, 1.165) is 30.8 Å². The second kappa shape index (κ2) is 7.61. The number of nitrogens with zero attached hydrogens (tertiary/aromatic N) is 6. The van der Waals surface area contributed by atoms with Crippen molar-refractivity contribution in [3.05, 3.63) is 65.1 Å². The van der Waals surface area contributed by atoms with Gasteiger partial charge in [-0.3, -0.25) is 9.78 Å². The summed E-state index contributed by atoms with van der Waals surface area (Å²) in [7, 11) is 0. The van der Waals surface area contributed by atoms with Gasteiger partial charge >= 0.3 is 6.18 Å². The van der Waals surface area contributed by atoms with Crippen LogP contribution in [-0.4, -0.2) is 37.3 Å². The van der Waals surface area contributed by atoms with E-state index in [9.17, 15) is 18.0 Å². The Balaban J connectivity index is 1.60. The predicted octanol–water partition coefficient (Wildman–Crippen LogP) is 2.78. The molecule has 0 aliphatic carbocycles. The van der Waals surface area contributed by atoms with Crippen molar-refractivity contribution >= 4 is 5.82 Å². The van der Waals surface area contributed by atoms with Crippen molar-refractivity contribution in [3.63, 3.8) is 0 Å². The summed E-state index contributed by atoms with van der Waals surface area (Å²) in [5, 5.41) is 4.43. The number of halogens is 3. The van der Waals surface area contributed by atoms with Gasteiger partial charge in [0, 0.05) is 36.6 Å². The standard InChI is InChI=1S/C19H17F3N6O/c20-19(21,22)16-10-17(25-12-24-16)27-9-1-2-14(27)11-28-18(29)4-3-15(26-28)13-5-7-23-8-6-13/h3-8,10,12,14H,1-2,9,11H2. The summed E-state index contributed by atoms with van der Waals surface area (Å²) in [5.41, 5.74) is 0.192. The lowest BCUT2D eigenvalue weighted by atomic mass is 10.2. The van der Waals surface area contributed by atoms with Crippen LogP contribution in [0, 0.1) is 0 Å². The van der Waals surface area contributed by atoms with Gasteiger partial charge < -0.3 is 4.90 Å². The van der Waals surface area contributed by atoms with E-state index >= 15 is 0 Å². The highest BCUT2D eigenvalue weighted by molar-refractivity contribution is 5.57. The van der Waals surface area contributed by atoms with Crippen molar-refractivity contribution in [3.8, 4) is 11.3 Å². The lowest BCUT2D eigenvalue weighted by Gasteiger charge is -2.26. The van der Waals surface area contributed by atoms with Gasteiger partial charge in [-0.1, -0.05) is 0 Å². The predicted molar refractivity (Wildman–Crippen MR) is 99.1 cm³/mol. The van der Waals surface area contributed by atoms with Crippen LogP contribution in [0.2, 0.25) is 0 Å². The lowest BCUT2D eigenvalue weighted by Crippen LogP contribution is -2.37. The monoisotopic (exact) mass is 402 g/mol. The largest absolute Gasteiger partial charge is 0.433 e. The minimum atomic E-state index is -4.54. The van der Waals surface area contributed by atoms with E-state index in [1.807, 2.05) is 0 Å². The highest BCUT2D eigenvalue weighted by Gasteiger charge is 2.34. The number of pyridine rings is 1. The third-order valence-electron chi connectivity index (χ3n) is 4.84. The van der Waals surface area contributed by atoms with Crippen LogP contribution in [0.15, 0.2) is 53.8 Å². The first-order valence-electron chi connectivity index (χ1n) is 9.06. The molecule has 1 atom stereocenters. The second-order valence-corrected chi connectivity index (χ2v) is 6.72. The van der Waals surface area contributed by atoms with E-state index in [1.54, 1.807) is 35.5 Å². The molecular weight excluding hydrogens is 385 g/mol. The number of alkyl halides is 3. The summed E-state index contributed by atoms with van der Waals surface area (Å²) >= 11 is 0. The first-order chi connectivity index (χ1) is 13.9. The maximum Gasteiger partial charge on any atom is 0.433 e. The van der Waals surface area contributed by atoms with Crippen LogP contribution in [0.25, 0.3) is 11.3 Å². The van der Waals surface area contributed by atoms with Crippen molar-refractivity contribution in [2.24, 2.45) is 0 Å². The quantitative estimate of drug-likeness (QED) is 0.668. The fourth-order valence-electron chi connectivity index (χ4n) is 3.44. The molecule has 0 N–H and O–H groups in total. The lowest BCUT2D eigenvalue weighted by molar-refractivity contribution is -0.141. The zero-order valence-corrected chi connectivity index (χ0v) is 15.3.